The van der Waals surface area contributed by atoms with Crippen molar-refractivity contribution >= 4 is 15.9 Å². The normalized spacial score (nSPS) is 20.2. The lowest BCUT2D eigenvalue weighted by Gasteiger charge is -2.35. The minimum absolute atomic E-state index is 0.0242. The van der Waals surface area contributed by atoms with Crippen LogP contribution in [0.1, 0.15) is 11.1 Å². The maximum atomic E-state index is 13.3. The largest absolute Gasteiger partial charge is 0.370 e. The number of benzene rings is 2. The number of morpholine rings is 1. The fraction of sp³-hybridized carbons (Fsp3) is 0.409. The molecule has 0 radical (unpaired) electrons. The number of carbonyl (C=O) groups excluding carboxylic acids is 1. The highest BCUT2D eigenvalue weighted by molar-refractivity contribution is 7.89. The quantitative estimate of drug-likeness (QED) is 0.651. The Balaban J connectivity index is 1.54. The van der Waals surface area contributed by atoms with Gasteiger partial charge in [0, 0.05) is 6.54 Å². The molecule has 1 fully saturated rings. The van der Waals surface area contributed by atoms with Gasteiger partial charge in [-0.2, -0.15) is 4.31 Å². The van der Waals surface area contributed by atoms with Crippen LogP contribution in [0.3, 0.4) is 0 Å². The molecule has 2 aromatic carbocycles. The molecule has 0 saturated carbocycles. The Morgan fingerprint density at radius 1 is 1.10 bits per heavy atom. The van der Waals surface area contributed by atoms with E-state index < -0.39 is 21.9 Å². The Labute approximate surface area is 181 Å². The average molecular weight is 449 g/mol. The van der Waals surface area contributed by atoms with E-state index in [0.29, 0.717) is 26.2 Å². The third kappa shape index (κ3) is 4.95. The van der Waals surface area contributed by atoms with Crippen molar-refractivity contribution in [3.63, 3.8) is 0 Å². The molecule has 2 aliphatic heterocycles. The van der Waals surface area contributed by atoms with E-state index in [0.717, 1.165) is 42.9 Å². The summed E-state index contributed by atoms with van der Waals surface area (Å²) in [7, 11) is -3.98. The maximum absolute atomic E-state index is 13.3. The number of hydrogen-bond acceptors (Lipinski definition) is 4. The topological polar surface area (TPSA) is 80.2 Å². The molecule has 4 rings (SSSR count). The van der Waals surface area contributed by atoms with E-state index in [1.54, 1.807) is 0 Å². The maximum Gasteiger partial charge on any atom is 0.244 e. The van der Waals surface area contributed by atoms with E-state index in [9.17, 15) is 17.6 Å². The van der Waals surface area contributed by atoms with E-state index >= 15 is 0 Å². The van der Waals surface area contributed by atoms with E-state index in [4.69, 9.17) is 4.74 Å². The monoisotopic (exact) mass is 448 g/mol. The molecule has 2 aliphatic rings. The zero-order chi connectivity index (χ0) is 21.8. The second kappa shape index (κ2) is 9.44. The number of amides is 1. The SMILES string of the molecule is O=C(NCC[NH+]1CCOCC1)[C@H]1Cc2ccccc2CN1S(=O)(=O)c1ccc(F)cc1. The van der Waals surface area contributed by atoms with Crippen LogP contribution in [0.5, 0.6) is 0 Å². The second-order valence-corrected chi connectivity index (χ2v) is 9.79. The molecule has 166 valence electrons. The molecule has 1 atom stereocenters. The first-order valence-electron chi connectivity index (χ1n) is 10.5. The Morgan fingerprint density at radius 3 is 2.48 bits per heavy atom. The van der Waals surface area contributed by atoms with Crippen LogP contribution in [0.4, 0.5) is 4.39 Å². The minimum Gasteiger partial charge on any atom is -0.370 e. The molecular formula is C22H27FN3O4S+. The molecule has 9 heteroatoms. The Hall–Kier alpha value is -2.33. The third-order valence-corrected chi connectivity index (χ3v) is 7.77. The first-order chi connectivity index (χ1) is 14.9. The number of hydrogen-bond donors (Lipinski definition) is 2. The molecule has 2 heterocycles. The van der Waals surface area contributed by atoms with Gasteiger partial charge in [0.05, 0.1) is 31.2 Å². The van der Waals surface area contributed by atoms with Crippen LogP contribution >= 0.6 is 0 Å². The highest BCUT2D eigenvalue weighted by Crippen LogP contribution is 2.29. The van der Waals surface area contributed by atoms with Gasteiger partial charge in [-0.1, -0.05) is 24.3 Å². The van der Waals surface area contributed by atoms with Crippen molar-refractivity contribution in [1.82, 2.24) is 9.62 Å². The molecular weight excluding hydrogens is 421 g/mol. The Morgan fingerprint density at radius 2 is 1.77 bits per heavy atom. The number of fused-ring (bicyclic) bond motifs is 1. The Kier molecular flexibility index (Phi) is 6.66. The van der Waals surface area contributed by atoms with Gasteiger partial charge < -0.3 is 15.0 Å². The number of rotatable bonds is 6. The number of halogens is 1. The van der Waals surface area contributed by atoms with Crippen LogP contribution in [0.25, 0.3) is 0 Å². The summed E-state index contributed by atoms with van der Waals surface area (Å²) >= 11 is 0. The van der Waals surface area contributed by atoms with Gasteiger partial charge in [-0.3, -0.25) is 4.79 Å². The van der Waals surface area contributed by atoms with Crippen molar-refractivity contribution in [3.8, 4) is 0 Å². The van der Waals surface area contributed by atoms with E-state index in [1.165, 1.54) is 21.3 Å². The van der Waals surface area contributed by atoms with Gasteiger partial charge in [0.25, 0.3) is 0 Å². The van der Waals surface area contributed by atoms with Crippen LogP contribution in [-0.4, -0.2) is 64.1 Å². The molecule has 0 aliphatic carbocycles. The summed E-state index contributed by atoms with van der Waals surface area (Å²) in [5.74, 6) is -0.823. The fourth-order valence-corrected chi connectivity index (χ4v) is 5.67. The zero-order valence-electron chi connectivity index (χ0n) is 17.2. The first-order valence-corrected chi connectivity index (χ1v) is 11.9. The molecule has 0 bridgehead atoms. The summed E-state index contributed by atoms with van der Waals surface area (Å²) in [6.07, 6.45) is 0.298. The van der Waals surface area contributed by atoms with Crippen molar-refractivity contribution in [2.75, 3.05) is 39.4 Å². The first kappa shape index (κ1) is 21.9. The van der Waals surface area contributed by atoms with Crippen molar-refractivity contribution in [2.24, 2.45) is 0 Å². The van der Waals surface area contributed by atoms with Crippen LogP contribution in [0.2, 0.25) is 0 Å². The van der Waals surface area contributed by atoms with Crippen molar-refractivity contribution in [2.45, 2.75) is 23.9 Å². The molecule has 31 heavy (non-hydrogen) atoms. The lowest BCUT2D eigenvalue weighted by atomic mass is 9.95. The second-order valence-electron chi connectivity index (χ2n) is 7.90. The number of quaternary nitrogens is 1. The number of nitrogens with zero attached hydrogens (tertiary/aromatic N) is 1. The zero-order valence-corrected chi connectivity index (χ0v) is 18.0. The molecule has 0 aromatic heterocycles. The Bertz CT molecular complexity index is 1020. The number of sulfonamides is 1. The van der Waals surface area contributed by atoms with Crippen LogP contribution in [0.15, 0.2) is 53.4 Å². The average Bonchev–Trinajstić information content (AvgIpc) is 2.79. The van der Waals surface area contributed by atoms with Crippen molar-refractivity contribution < 1.29 is 27.2 Å². The van der Waals surface area contributed by atoms with Gasteiger partial charge in [-0.15, -0.1) is 0 Å². The summed E-state index contributed by atoms with van der Waals surface area (Å²) in [5, 5.41) is 2.93. The van der Waals surface area contributed by atoms with Crippen LogP contribution in [0, 0.1) is 5.82 Å². The van der Waals surface area contributed by atoms with Crippen LogP contribution < -0.4 is 10.2 Å². The highest BCUT2D eigenvalue weighted by Gasteiger charge is 2.39. The van der Waals surface area contributed by atoms with E-state index in [1.807, 2.05) is 24.3 Å². The van der Waals surface area contributed by atoms with Gasteiger partial charge >= 0.3 is 0 Å². The molecule has 1 saturated heterocycles. The molecule has 1 amide bonds. The summed E-state index contributed by atoms with van der Waals surface area (Å²) in [6.45, 7) is 4.57. The van der Waals surface area contributed by atoms with Crippen LogP contribution in [-0.2, 0) is 32.5 Å². The lowest BCUT2D eigenvalue weighted by Crippen LogP contribution is -3.14. The van der Waals surface area contributed by atoms with E-state index in [-0.39, 0.29) is 17.3 Å². The number of nitrogens with one attached hydrogen (secondary N) is 2. The predicted octanol–water partition coefficient (Wildman–Crippen LogP) is -0.0274. The molecule has 0 spiro atoms. The summed E-state index contributed by atoms with van der Waals surface area (Å²) in [6, 6.07) is 11.4. The molecule has 7 nitrogen and oxygen atoms in total. The molecule has 2 N–H and O–H groups in total. The predicted molar refractivity (Wildman–Crippen MR) is 112 cm³/mol. The minimum atomic E-state index is -3.98. The number of carbonyl (C=O) groups is 1. The lowest BCUT2D eigenvalue weighted by molar-refractivity contribution is -0.906. The van der Waals surface area contributed by atoms with Crippen molar-refractivity contribution in [3.05, 3.63) is 65.5 Å². The number of ether oxygens (including phenoxy) is 1. The van der Waals surface area contributed by atoms with Gasteiger partial charge in [0.2, 0.25) is 15.9 Å². The summed E-state index contributed by atoms with van der Waals surface area (Å²) in [5.41, 5.74) is 1.84. The fourth-order valence-electron chi connectivity index (χ4n) is 4.11. The molecule has 2 aromatic rings. The standard InChI is InChI=1S/C22H26FN3O4S/c23-19-5-7-20(8-6-19)31(28,29)26-16-18-4-2-1-3-17(18)15-21(26)22(27)24-9-10-25-11-13-30-14-12-25/h1-8,21H,9-16H2,(H,24,27)/p+1/t21-/m1/s1. The smallest absolute Gasteiger partial charge is 0.244 e. The van der Waals surface area contributed by atoms with Gasteiger partial charge in [0.15, 0.2) is 0 Å². The third-order valence-electron chi connectivity index (χ3n) is 5.91. The molecule has 0 unspecified atom stereocenters. The highest BCUT2D eigenvalue weighted by atomic mass is 32.2. The van der Waals surface area contributed by atoms with E-state index in [2.05, 4.69) is 5.32 Å². The summed E-state index contributed by atoms with van der Waals surface area (Å²) in [4.78, 5) is 14.4. The summed E-state index contributed by atoms with van der Waals surface area (Å²) < 4.78 is 46.6. The van der Waals surface area contributed by atoms with Crippen molar-refractivity contribution in [1.29, 1.82) is 0 Å². The van der Waals surface area contributed by atoms with Gasteiger partial charge in [-0.25, -0.2) is 12.8 Å². The van der Waals surface area contributed by atoms with Gasteiger partial charge in [0.1, 0.15) is 24.9 Å². The van der Waals surface area contributed by atoms with Gasteiger partial charge in [-0.05, 0) is 41.8 Å².